The third-order valence-electron chi connectivity index (χ3n) is 9.90. The number of hydrogen-bond acceptors (Lipinski definition) is 2. The van der Waals surface area contributed by atoms with E-state index in [0.29, 0.717) is 22.8 Å². The first kappa shape index (κ1) is 21.1. The summed E-state index contributed by atoms with van der Waals surface area (Å²) in [7, 11) is 2.08. The van der Waals surface area contributed by atoms with Crippen molar-refractivity contribution in [3.8, 4) is 0 Å². The molecule has 3 saturated carbocycles. The minimum atomic E-state index is 0.374. The number of rotatable bonds is 5. The van der Waals surface area contributed by atoms with Gasteiger partial charge in [0.15, 0.2) is 0 Å². The highest BCUT2D eigenvalue weighted by Crippen LogP contribution is 2.66. The fourth-order valence-corrected chi connectivity index (χ4v) is 9.19. The van der Waals surface area contributed by atoms with Gasteiger partial charge in [0.2, 0.25) is 5.91 Å². The van der Waals surface area contributed by atoms with E-state index in [1.165, 1.54) is 57.1 Å². The molecular formula is C25H43NOS. The van der Waals surface area contributed by atoms with Gasteiger partial charge < -0.3 is 4.90 Å². The van der Waals surface area contributed by atoms with Gasteiger partial charge in [0, 0.05) is 19.5 Å². The molecule has 0 aromatic heterocycles. The van der Waals surface area contributed by atoms with Crippen LogP contribution in [-0.4, -0.2) is 34.9 Å². The highest BCUT2D eigenvalue weighted by molar-refractivity contribution is 7.99. The first-order chi connectivity index (χ1) is 13.3. The maximum absolute atomic E-state index is 12.3. The second-order valence-corrected chi connectivity index (χ2v) is 13.0. The predicted molar refractivity (Wildman–Crippen MR) is 120 cm³/mol. The van der Waals surface area contributed by atoms with Crippen LogP contribution in [0.2, 0.25) is 0 Å². The Hall–Kier alpha value is -0.180. The molecule has 4 rings (SSSR count). The lowest BCUT2D eigenvalue weighted by atomic mass is 9.46. The summed E-state index contributed by atoms with van der Waals surface area (Å²) in [6.07, 6.45) is 13.3. The molecule has 0 spiro atoms. The van der Waals surface area contributed by atoms with Crippen molar-refractivity contribution in [3.63, 3.8) is 0 Å². The van der Waals surface area contributed by atoms with Gasteiger partial charge in [-0.3, -0.25) is 4.79 Å². The normalized spacial score (nSPS) is 45.7. The average Bonchev–Trinajstić information content (AvgIpc) is 2.98. The average molecular weight is 406 g/mol. The summed E-state index contributed by atoms with van der Waals surface area (Å²) in [6.45, 7) is 9.87. The van der Waals surface area contributed by atoms with E-state index >= 15 is 0 Å². The van der Waals surface area contributed by atoms with Gasteiger partial charge in [-0.2, -0.15) is 11.8 Å². The largest absolute Gasteiger partial charge is 0.342 e. The molecule has 0 radical (unpaired) electrons. The smallest absolute Gasteiger partial charge is 0.222 e. The van der Waals surface area contributed by atoms with Crippen molar-refractivity contribution in [3.05, 3.63) is 0 Å². The Bertz CT molecular complexity index is 591. The highest BCUT2D eigenvalue weighted by atomic mass is 32.2. The molecule has 3 heteroatoms. The zero-order chi connectivity index (χ0) is 20.1. The first-order valence-corrected chi connectivity index (χ1v) is 13.2. The van der Waals surface area contributed by atoms with Crippen molar-refractivity contribution in [1.29, 1.82) is 0 Å². The molecule has 1 saturated heterocycles. The second kappa shape index (κ2) is 7.82. The number of hydrogen-bond donors (Lipinski definition) is 0. The van der Waals surface area contributed by atoms with Gasteiger partial charge in [-0.05, 0) is 103 Å². The van der Waals surface area contributed by atoms with E-state index in [0.717, 1.165) is 41.8 Å². The SMILES string of the molecule is CC(C)SCCCC1CC[C@H]2[C@@H]3CCC4N(C)C(=O)CC[C@]4(C)[C@@H]3CC[C@]12C. The predicted octanol–water partition coefficient (Wildman–Crippen LogP) is 6.39. The Balaban J connectivity index is 1.45. The van der Waals surface area contributed by atoms with Gasteiger partial charge in [0.05, 0.1) is 0 Å². The molecule has 160 valence electrons. The topological polar surface area (TPSA) is 20.3 Å². The Morgan fingerprint density at radius 2 is 1.79 bits per heavy atom. The molecule has 28 heavy (non-hydrogen) atoms. The molecule has 3 aliphatic carbocycles. The number of carbonyl (C=O) groups excluding carboxylic acids is 1. The standard InChI is InChI=1S/C25H43NOS/c1-17(2)28-16-6-7-18-8-10-20-19-9-11-22-25(4,15-13-23(27)26(22)5)21(19)12-14-24(18,20)3/h17-22H,6-16H2,1-5H3/t18?,19-,20-,21+,22?,24+,25+/m0/s1. The molecule has 0 N–H and O–H groups in total. The molecule has 4 fully saturated rings. The Morgan fingerprint density at radius 1 is 1.04 bits per heavy atom. The minimum Gasteiger partial charge on any atom is -0.342 e. The lowest BCUT2D eigenvalue weighted by Gasteiger charge is -2.62. The molecule has 2 nitrogen and oxygen atoms in total. The van der Waals surface area contributed by atoms with Gasteiger partial charge in [-0.25, -0.2) is 0 Å². The van der Waals surface area contributed by atoms with Crippen LogP contribution in [-0.2, 0) is 4.79 Å². The monoisotopic (exact) mass is 405 g/mol. The number of carbonyl (C=O) groups is 1. The van der Waals surface area contributed by atoms with Crippen LogP contribution in [0.5, 0.6) is 0 Å². The zero-order valence-corrected chi connectivity index (χ0v) is 19.8. The van der Waals surface area contributed by atoms with Crippen LogP contribution in [0.1, 0.15) is 91.9 Å². The summed E-state index contributed by atoms with van der Waals surface area (Å²) in [5.41, 5.74) is 0.974. The molecule has 7 atom stereocenters. The number of nitrogens with zero attached hydrogens (tertiary/aromatic N) is 1. The maximum atomic E-state index is 12.3. The van der Waals surface area contributed by atoms with Crippen LogP contribution in [0, 0.1) is 34.5 Å². The van der Waals surface area contributed by atoms with Crippen molar-refractivity contribution < 1.29 is 4.79 Å². The number of piperidine rings is 1. The van der Waals surface area contributed by atoms with Crippen molar-refractivity contribution in [2.24, 2.45) is 34.5 Å². The minimum absolute atomic E-state index is 0.374. The number of amides is 1. The van der Waals surface area contributed by atoms with E-state index in [9.17, 15) is 4.79 Å². The molecule has 0 aromatic carbocycles. The first-order valence-electron chi connectivity index (χ1n) is 12.1. The van der Waals surface area contributed by atoms with Crippen LogP contribution in [0.25, 0.3) is 0 Å². The number of fused-ring (bicyclic) bond motifs is 5. The molecule has 1 heterocycles. The molecule has 1 amide bonds. The van der Waals surface area contributed by atoms with E-state index in [-0.39, 0.29) is 0 Å². The summed E-state index contributed by atoms with van der Waals surface area (Å²) >= 11 is 2.14. The van der Waals surface area contributed by atoms with Gasteiger partial charge in [0.25, 0.3) is 0 Å². The fourth-order valence-electron chi connectivity index (χ4n) is 8.38. The Labute approximate surface area is 178 Å². The highest BCUT2D eigenvalue weighted by Gasteiger charge is 2.60. The fraction of sp³-hybridized carbons (Fsp3) is 0.960. The summed E-state index contributed by atoms with van der Waals surface area (Å²) < 4.78 is 0. The third kappa shape index (κ3) is 3.36. The van der Waals surface area contributed by atoms with Crippen molar-refractivity contribution in [1.82, 2.24) is 4.90 Å². The van der Waals surface area contributed by atoms with Crippen molar-refractivity contribution >= 4 is 17.7 Å². The van der Waals surface area contributed by atoms with E-state index in [1.54, 1.807) is 0 Å². The van der Waals surface area contributed by atoms with Crippen molar-refractivity contribution in [2.45, 2.75) is 103 Å². The maximum Gasteiger partial charge on any atom is 0.222 e. The molecule has 0 bridgehead atoms. The van der Waals surface area contributed by atoms with E-state index in [4.69, 9.17) is 0 Å². The van der Waals surface area contributed by atoms with E-state index < -0.39 is 0 Å². The van der Waals surface area contributed by atoms with Crippen LogP contribution in [0.4, 0.5) is 0 Å². The Kier molecular flexibility index (Phi) is 5.88. The molecular weight excluding hydrogens is 362 g/mol. The second-order valence-electron chi connectivity index (χ2n) is 11.4. The lowest BCUT2D eigenvalue weighted by molar-refractivity contribution is -0.158. The summed E-state index contributed by atoms with van der Waals surface area (Å²) in [4.78, 5) is 14.5. The number of likely N-dealkylation sites (tertiary alicyclic amines) is 1. The summed E-state index contributed by atoms with van der Waals surface area (Å²) in [5, 5.41) is 0.777. The summed E-state index contributed by atoms with van der Waals surface area (Å²) in [5.74, 6) is 5.44. The van der Waals surface area contributed by atoms with E-state index in [1.807, 2.05) is 0 Å². The lowest BCUT2D eigenvalue weighted by Crippen LogP contribution is -2.61. The summed E-state index contributed by atoms with van der Waals surface area (Å²) in [6, 6.07) is 0.504. The van der Waals surface area contributed by atoms with E-state index in [2.05, 4.69) is 51.4 Å². The van der Waals surface area contributed by atoms with Crippen LogP contribution in [0.3, 0.4) is 0 Å². The quantitative estimate of drug-likeness (QED) is 0.494. The van der Waals surface area contributed by atoms with Gasteiger partial charge in [0.1, 0.15) is 0 Å². The van der Waals surface area contributed by atoms with Crippen LogP contribution < -0.4 is 0 Å². The van der Waals surface area contributed by atoms with Crippen molar-refractivity contribution in [2.75, 3.05) is 12.8 Å². The molecule has 1 aliphatic heterocycles. The third-order valence-corrected chi connectivity index (χ3v) is 11.1. The van der Waals surface area contributed by atoms with Crippen LogP contribution in [0.15, 0.2) is 0 Å². The Morgan fingerprint density at radius 3 is 2.54 bits per heavy atom. The zero-order valence-electron chi connectivity index (χ0n) is 19.0. The van der Waals surface area contributed by atoms with Gasteiger partial charge in [-0.1, -0.05) is 27.7 Å². The molecule has 2 unspecified atom stereocenters. The molecule has 4 aliphatic rings. The molecule has 0 aromatic rings. The van der Waals surface area contributed by atoms with Gasteiger partial charge in [-0.15, -0.1) is 0 Å². The number of thioether (sulfide) groups is 1. The van der Waals surface area contributed by atoms with Crippen LogP contribution >= 0.6 is 11.8 Å². The van der Waals surface area contributed by atoms with Gasteiger partial charge >= 0.3 is 0 Å².